The molecule has 0 amide bonds. The number of nitrogens with two attached hydrogens (primary N) is 1. The third kappa shape index (κ3) is 6.69. The molecule has 0 aliphatic carbocycles. The molecule has 1 aliphatic rings. The van der Waals surface area contributed by atoms with E-state index in [1.165, 1.54) is 25.1 Å². The lowest BCUT2D eigenvalue weighted by Gasteiger charge is -2.25. The average molecular weight is 593 g/mol. The van der Waals surface area contributed by atoms with E-state index in [2.05, 4.69) is 26.0 Å². The summed E-state index contributed by atoms with van der Waals surface area (Å²) in [5.74, 6) is -0.631. The number of esters is 1. The van der Waals surface area contributed by atoms with Crippen LogP contribution in [0.1, 0.15) is 27.0 Å². The lowest BCUT2D eigenvalue weighted by Crippen LogP contribution is -2.41. The first-order valence-corrected chi connectivity index (χ1v) is 13.2. The number of rotatable bonds is 10. The Hall–Kier alpha value is -2.35. The number of aliphatic hydroxyl groups excluding tert-OH is 1. The van der Waals surface area contributed by atoms with Crippen molar-refractivity contribution in [3.8, 4) is 5.75 Å². The normalized spacial score (nSPS) is 26.4. The standard InChI is InChI=1S/C21H27BrFN4O8P/c1-12(2)33-18(29)13(3)26-36(31,35-14-7-5-4-6-8-14)32-11-15-17(28)21(22,23)19(34-15)27-10-9-16(24)25-20(27)30/h4-10,12-13,15,17,19,28H,11H2,1-3H3,(H,26,31)(H2,24,25,30)/t13-,15+,17-,19+,21-,36?/m0/s1. The second kappa shape index (κ2) is 11.4. The summed E-state index contributed by atoms with van der Waals surface area (Å²) in [5, 5.41) is 13.0. The molecule has 198 valence electrons. The molecule has 2 heterocycles. The van der Waals surface area contributed by atoms with E-state index >= 15 is 4.39 Å². The molecule has 36 heavy (non-hydrogen) atoms. The first-order chi connectivity index (χ1) is 16.8. The fourth-order valence-corrected chi connectivity index (χ4v) is 5.34. The summed E-state index contributed by atoms with van der Waals surface area (Å²) in [6, 6.07) is 8.14. The topological polar surface area (TPSA) is 164 Å². The van der Waals surface area contributed by atoms with Crippen LogP contribution in [0.15, 0.2) is 47.4 Å². The Labute approximate surface area is 214 Å². The van der Waals surface area contributed by atoms with Gasteiger partial charge in [0.25, 0.3) is 0 Å². The molecular weight excluding hydrogens is 566 g/mol. The van der Waals surface area contributed by atoms with Gasteiger partial charge in [0.05, 0.1) is 12.7 Å². The van der Waals surface area contributed by atoms with Crippen molar-refractivity contribution >= 4 is 35.5 Å². The third-order valence-electron chi connectivity index (χ3n) is 4.92. The van der Waals surface area contributed by atoms with Crippen molar-refractivity contribution < 1.29 is 37.4 Å². The first kappa shape index (κ1) is 28.2. The van der Waals surface area contributed by atoms with Gasteiger partial charge in [0.2, 0.25) is 4.58 Å². The number of anilines is 1. The highest BCUT2D eigenvalue weighted by molar-refractivity contribution is 9.10. The number of nitrogen functional groups attached to an aromatic ring is 1. The van der Waals surface area contributed by atoms with Crippen molar-refractivity contribution in [2.24, 2.45) is 0 Å². The van der Waals surface area contributed by atoms with E-state index in [1.807, 2.05) is 0 Å². The number of alkyl halides is 2. The van der Waals surface area contributed by atoms with E-state index in [1.54, 1.807) is 32.0 Å². The number of hydrogen-bond donors (Lipinski definition) is 3. The molecule has 0 spiro atoms. The largest absolute Gasteiger partial charge is 0.462 e. The fourth-order valence-electron chi connectivity index (χ4n) is 3.22. The fraction of sp³-hybridized carbons (Fsp3) is 0.476. The van der Waals surface area contributed by atoms with Gasteiger partial charge in [-0.05, 0) is 54.9 Å². The molecule has 12 nitrogen and oxygen atoms in total. The van der Waals surface area contributed by atoms with Crippen LogP contribution >= 0.6 is 23.7 Å². The Morgan fingerprint density at radius 3 is 2.64 bits per heavy atom. The molecular formula is C21H27BrFN4O8P. The summed E-state index contributed by atoms with van der Waals surface area (Å²) in [6.45, 7) is 4.07. The number of aromatic nitrogens is 2. The molecule has 0 bridgehead atoms. The van der Waals surface area contributed by atoms with Crippen LogP contribution in [-0.2, 0) is 23.4 Å². The first-order valence-electron chi connectivity index (χ1n) is 10.9. The van der Waals surface area contributed by atoms with E-state index in [4.69, 9.17) is 24.3 Å². The molecule has 2 aromatic rings. The van der Waals surface area contributed by atoms with Crippen LogP contribution in [0.4, 0.5) is 10.2 Å². The van der Waals surface area contributed by atoms with Gasteiger partial charge >= 0.3 is 19.4 Å². The van der Waals surface area contributed by atoms with Gasteiger partial charge in [0.1, 0.15) is 29.8 Å². The summed E-state index contributed by atoms with van der Waals surface area (Å²) >= 11 is 2.77. The quantitative estimate of drug-likeness (QED) is 0.210. The van der Waals surface area contributed by atoms with Gasteiger partial charge in [-0.2, -0.15) is 10.1 Å². The summed E-state index contributed by atoms with van der Waals surface area (Å²) < 4.78 is 48.7. The maximum atomic E-state index is 15.4. The van der Waals surface area contributed by atoms with Crippen LogP contribution in [0.3, 0.4) is 0 Å². The zero-order valence-corrected chi connectivity index (χ0v) is 22.1. The zero-order chi connectivity index (χ0) is 26.7. The SMILES string of the molecule is CC(C)OC(=O)[C@H](C)NP(=O)(OC[C@H]1O[C@@H](n2ccc(N)nc2=O)[C@](F)(Br)[C@H]1O)Oc1ccccc1. The predicted molar refractivity (Wildman–Crippen MR) is 130 cm³/mol. The second-order valence-electron chi connectivity index (χ2n) is 8.22. The summed E-state index contributed by atoms with van der Waals surface area (Å²) in [5.41, 5.74) is 4.56. The highest BCUT2D eigenvalue weighted by Gasteiger charge is 2.57. The Balaban J connectivity index is 1.79. The smallest absolute Gasteiger partial charge is 0.459 e. The summed E-state index contributed by atoms with van der Waals surface area (Å²) in [4.78, 5) is 28.0. The lowest BCUT2D eigenvalue weighted by molar-refractivity contribution is -0.149. The zero-order valence-electron chi connectivity index (χ0n) is 19.6. The van der Waals surface area contributed by atoms with Crippen molar-refractivity contribution in [1.29, 1.82) is 0 Å². The molecule has 1 unspecified atom stereocenters. The molecule has 1 fully saturated rings. The van der Waals surface area contributed by atoms with Gasteiger partial charge in [0, 0.05) is 6.20 Å². The molecule has 15 heteroatoms. The molecule has 1 saturated heterocycles. The molecule has 0 saturated carbocycles. The molecule has 6 atom stereocenters. The number of halogens is 2. The Kier molecular flexibility index (Phi) is 8.91. The summed E-state index contributed by atoms with van der Waals surface area (Å²) in [6.07, 6.45) is -4.17. The van der Waals surface area contributed by atoms with Crippen LogP contribution in [0, 0.1) is 0 Å². The number of nitrogens with zero attached hydrogens (tertiary/aromatic N) is 2. The van der Waals surface area contributed by atoms with E-state index in [0.29, 0.717) is 0 Å². The van der Waals surface area contributed by atoms with Gasteiger partial charge in [-0.1, -0.05) is 18.2 Å². The summed E-state index contributed by atoms with van der Waals surface area (Å²) in [7, 11) is -4.30. The van der Waals surface area contributed by atoms with Crippen LogP contribution < -0.4 is 21.0 Å². The monoisotopic (exact) mass is 592 g/mol. The van der Waals surface area contributed by atoms with Crippen LogP contribution in [-0.4, -0.2) is 56.2 Å². The maximum absolute atomic E-state index is 15.4. The van der Waals surface area contributed by atoms with Crippen LogP contribution in [0.2, 0.25) is 0 Å². The van der Waals surface area contributed by atoms with Crippen molar-refractivity contribution in [3.05, 3.63) is 53.1 Å². The van der Waals surface area contributed by atoms with Crippen molar-refractivity contribution in [2.75, 3.05) is 12.3 Å². The Morgan fingerprint density at radius 1 is 1.36 bits per heavy atom. The number of aliphatic hydroxyl groups is 1. The van der Waals surface area contributed by atoms with Crippen molar-refractivity contribution in [3.63, 3.8) is 0 Å². The molecule has 0 radical (unpaired) electrons. The number of hydrogen-bond acceptors (Lipinski definition) is 10. The molecule has 1 aromatic carbocycles. The van der Waals surface area contributed by atoms with Gasteiger partial charge in [0.15, 0.2) is 6.23 Å². The number of carbonyl (C=O) groups excluding carboxylic acids is 1. The van der Waals surface area contributed by atoms with E-state index < -0.39 is 61.2 Å². The Bertz CT molecular complexity index is 1170. The number of nitrogens with one attached hydrogen (secondary N) is 1. The molecule has 3 rings (SSSR count). The van der Waals surface area contributed by atoms with Gasteiger partial charge < -0.3 is 24.8 Å². The minimum atomic E-state index is -4.30. The minimum Gasteiger partial charge on any atom is -0.462 e. The number of carbonyl (C=O) groups is 1. The van der Waals surface area contributed by atoms with Crippen LogP contribution in [0.25, 0.3) is 0 Å². The number of ether oxygens (including phenoxy) is 2. The third-order valence-corrected chi connectivity index (χ3v) is 7.42. The molecule has 1 aliphatic heterocycles. The van der Waals surface area contributed by atoms with E-state index in [0.717, 1.165) is 10.8 Å². The maximum Gasteiger partial charge on any atom is 0.459 e. The molecule has 1 aromatic heterocycles. The van der Waals surface area contributed by atoms with E-state index in [-0.39, 0.29) is 11.6 Å². The van der Waals surface area contributed by atoms with Gasteiger partial charge in [-0.3, -0.25) is 13.9 Å². The Morgan fingerprint density at radius 2 is 2.03 bits per heavy atom. The molecule has 4 N–H and O–H groups in total. The average Bonchev–Trinajstić information content (AvgIpc) is 3.01. The number of para-hydroxylation sites is 1. The van der Waals surface area contributed by atoms with Gasteiger partial charge in [-0.15, -0.1) is 0 Å². The van der Waals surface area contributed by atoms with E-state index in [9.17, 15) is 19.3 Å². The van der Waals surface area contributed by atoms with Gasteiger partial charge in [-0.25, -0.2) is 13.8 Å². The lowest BCUT2D eigenvalue weighted by atomic mass is 10.1. The highest BCUT2D eigenvalue weighted by atomic mass is 79.9. The predicted octanol–water partition coefficient (Wildman–Crippen LogP) is 2.28. The second-order valence-corrected chi connectivity index (χ2v) is 11.1. The number of benzene rings is 1. The van der Waals surface area contributed by atoms with Crippen molar-refractivity contribution in [2.45, 2.75) is 55.9 Å². The van der Waals surface area contributed by atoms with Crippen LogP contribution in [0.5, 0.6) is 5.75 Å². The highest BCUT2D eigenvalue weighted by Crippen LogP contribution is 2.49. The van der Waals surface area contributed by atoms with Crippen molar-refractivity contribution in [1.82, 2.24) is 14.6 Å². The minimum absolute atomic E-state index is 0.0797.